The van der Waals surface area contributed by atoms with E-state index in [9.17, 15) is 0 Å². The predicted octanol–water partition coefficient (Wildman–Crippen LogP) is 17.4. The zero-order valence-corrected chi connectivity index (χ0v) is 35.7. The van der Waals surface area contributed by atoms with Crippen LogP contribution in [0.25, 0.3) is 101 Å². The van der Waals surface area contributed by atoms with Crippen molar-refractivity contribution in [1.29, 1.82) is 0 Å². The molecule has 61 heavy (non-hydrogen) atoms. The average molecular weight is 816 g/mol. The summed E-state index contributed by atoms with van der Waals surface area (Å²) in [6.45, 7) is 4.64. The van der Waals surface area contributed by atoms with Crippen LogP contribution in [-0.2, 0) is 0 Å². The van der Waals surface area contributed by atoms with E-state index in [1.807, 2.05) is 22.7 Å². The van der Waals surface area contributed by atoms with E-state index in [2.05, 4.69) is 213 Å². The maximum atomic E-state index is 2.53. The number of para-hydroxylation sites is 3. The van der Waals surface area contributed by atoms with Gasteiger partial charge in [-0.1, -0.05) is 159 Å². The largest absolute Gasteiger partial charge is 0.309 e. The molecule has 12 rings (SSSR count). The lowest BCUT2D eigenvalue weighted by atomic mass is 9.81. The Labute approximate surface area is 363 Å². The van der Waals surface area contributed by atoms with Crippen molar-refractivity contribution < 1.29 is 0 Å². The summed E-state index contributed by atoms with van der Waals surface area (Å²) >= 11 is 3.85. The van der Waals surface area contributed by atoms with Crippen molar-refractivity contribution in [2.75, 3.05) is 0 Å². The molecule has 0 saturated heterocycles. The Bertz CT molecular complexity index is 3660. The lowest BCUT2D eigenvalue weighted by Gasteiger charge is -2.22. The van der Waals surface area contributed by atoms with Gasteiger partial charge < -0.3 is 4.57 Å². The first-order chi connectivity index (χ1) is 30.1. The summed E-state index contributed by atoms with van der Waals surface area (Å²) in [6, 6.07) is 72.4. The molecule has 0 saturated carbocycles. The zero-order valence-electron chi connectivity index (χ0n) is 34.0. The molecule has 3 heterocycles. The SMILES string of the molecule is CCC(c1cc(-c2cccc3c2sc2ccccc23)c2sc3ccccc3c2c1)c1ccccc1-c1ccc(-c2cccc3c4ccccc4n(-c4ccccc4)c23)cc1C. The van der Waals surface area contributed by atoms with Crippen molar-refractivity contribution in [3.8, 4) is 39.1 Å². The van der Waals surface area contributed by atoms with Crippen LogP contribution in [0.2, 0.25) is 0 Å². The van der Waals surface area contributed by atoms with Gasteiger partial charge in [0, 0.05) is 79.4 Å². The van der Waals surface area contributed by atoms with Crippen LogP contribution in [0.4, 0.5) is 0 Å². The van der Waals surface area contributed by atoms with Crippen LogP contribution in [0.5, 0.6) is 0 Å². The van der Waals surface area contributed by atoms with Crippen molar-refractivity contribution in [3.63, 3.8) is 0 Å². The lowest BCUT2D eigenvalue weighted by Crippen LogP contribution is -2.03. The molecule has 0 aliphatic heterocycles. The van der Waals surface area contributed by atoms with Gasteiger partial charge in [-0.25, -0.2) is 0 Å². The summed E-state index contributed by atoms with van der Waals surface area (Å²) in [5, 5.41) is 7.91. The van der Waals surface area contributed by atoms with Crippen LogP contribution >= 0.6 is 22.7 Å². The highest BCUT2D eigenvalue weighted by Crippen LogP contribution is 2.48. The van der Waals surface area contributed by atoms with E-state index in [0.29, 0.717) is 0 Å². The first kappa shape index (κ1) is 36.1. The number of fused-ring (bicyclic) bond motifs is 9. The van der Waals surface area contributed by atoms with Gasteiger partial charge in [0.25, 0.3) is 0 Å². The molecule has 0 bridgehead atoms. The number of rotatable bonds is 7. The molecule has 0 aliphatic rings. The fraction of sp³-hybridized carbons (Fsp3) is 0.0690. The average Bonchev–Trinajstić information content (AvgIpc) is 4.00. The van der Waals surface area contributed by atoms with Crippen LogP contribution in [0, 0.1) is 6.92 Å². The smallest absolute Gasteiger partial charge is 0.0619 e. The molecular formula is C58H41NS2. The minimum absolute atomic E-state index is 0.203. The van der Waals surface area contributed by atoms with E-state index in [1.54, 1.807) is 0 Å². The first-order valence-electron chi connectivity index (χ1n) is 21.3. The quantitative estimate of drug-likeness (QED) is 0.151. The predicted molar refractivity (Wildman–Crippen MR) is 266 cm³/mol. The number of thiophene rings is 2. The van der Waals surface area contributed by atoms with E-state index < -0.39 is 0 Å². The Morgan fingerprint density at radius 3 is 1.82 bits per heavy atom. The van der Waals surface area contributed by atoms with Crippen molar-refractivity contribution >= 4 is 84.8 Å². The van der Waals surface area contributed by atoms with E-state index in [1.165, 1.54) is 118 Å². The first-order valence-corrected chi connectivity index (χ1v) is 22.9. The molecule has 0 N–H and O–H groups in total. The Balaban J connectivity index is 1.02. The van der Waals surface area contributed by atoms with Crippen molar-refractivity contribution in [2.24, 2.45) is 0 Å². The summed E-state index contributed by atoms with van der Waals surface area (Å²) < 4.78 is 7.84. The van der Waals surface area contributed by atoms with Gasteiger partial charge in [0.1, 0.15) is 0 Å². The monoisotopic (exact) mass is 815 g/mol. The summed E-state index contributed by atoms with van der Waals surface area (Å²) in [5.74, 6) is 0.203. The highest BCUT2D eigenvalue weighted by molar-refractivity contribution is 7.27. The molecule has 0 amide bonds. The third-order valence-electron chi connectivity index (χ3n) is 12.9. The maximum absolute atomic E-state index is 2.53. The molecule has 0 aliphatic carbocycles. The van der Waals surface area contributed by atoms with Crippen molar-refractivity contribution in [2.45, 2.75) is 26.2 Å². The van der Waals surface area contributed by atoms with E-state index in [4.69, 9.17) is 0 Å². The van der Waals surface area contributed by atoms with Gasteiger partial charge in [-0.05, 0) is 89.2 Å². The fourth-order valence-electron chi connectivity index (χ4n) is 10.1. The molecule has 1 nitrogen and oxygen atoms in total. The van der Waals surface area contributed by atoms with E-state index >= 15 is 0 Å². The lowest BCUT2D eigenvalue weighted by molar-refractivity contribution is 0.780. The summed E-state index contributed by atoms with van der Waals surface area (Å²) in [5.41, 5.74) is 15.4. The molecule has 3 heteroatoms. The summed E-state index contributed by atoms with van der Waals surface area (Å²) in [4.78, 5) is 0. The molecule has 12 aromatic rings. The van der Waals surface area contributed by atoms with Gasteiger partial charge in [0.2, 0.25) is 0 Å². The van der Waals surface area contributed by atoms with E-state index in [-0.39, 0.29) is 5.92 Å². The number of benzene rings is 9. The molecule has 0 spiro atoms. The Kier molecular flexibility index (Phi) is 8.55. The molecule has 9 aromatic carbocycles. The fourth-order valence-corrected chi connectivity index (χ4v) is 12.6. The second kappa shape index (κ2) is 14.4. The van der Waals surface area contributed by atoms with Gasteiger partial charge in [0.05, 0.1) is 11.0 Å². The van der Waals surface area contributed by atoms with Gasteiger partial charge >= 0.3 is 0 Å². The highest BCUT2D eigenvalue weighted by Gasteiger charge is 2.23. The third kappa shape index (κ3) is 5.72. The van der Waals surface area contributed by atoms with Gasteiger partial charge in [0.15, 0.2) is 0 Å². The number of hydrogen-bond donors (Lipinski definition) is 0. The van der Waals surface area contributed by atoms with Crippen LogP contribution in [-0.4, -0.2) is 4.57 Å². The van der Waals surface area contributed by atoms with E-state index in [0.717, 1.165) is 6.42 Å². The van der Waals surface area contributed by atoms with Crippen LogP contribution in [0.1, 0.15) is 36.0 Å². The summed E-state index contributed by atoms with van der Waals surface area (Å²) in [7, 11) is 0. The molecular weight excluding hydrogens is 775 g/mol. The molecule has 290 valence electrons. The minimum atomic E-state index is 0.203. The maximum Gasteiger partial charge on any atom is 0.0619 e. The molecule has 1 unspecified atom stereocenters. The zero-order chi connectivity index (χ0) is 40.6. The molecule has 0 radical (unpaired) electrons. The second-order valence-electron chi connectivity index (χ2n) is 16.3. The number of aromatic nitrogens is 1. The van der Waals surface area contributed by atoms with Crippen LogP contribution < -0.4 is 0 Å². The molecule has 3 aromatic heterocycles. The van der Waals surface area contributed by atoms with Crippen LogP contribution in [0.3, 0.4) is 0 Å². The Morgan fingerprint density at radius 2 is 1.05 bits per heavy atom. The normalized spacial score (nSPS) is 12.4. The Morgan fingerprint density at radius 1 is 0.443 bits per heavy atom. The third-order valence-corrected chi connectivity index (χ3v) is 15.3. The van der Waals surface area contributed by atoms with Gasteiger partial charge in [-0.3, -0.25) is 0 Å². The van der Waals surface area contributed by atoms with Gasteiger partial charge in [-0.15, -0.1) is 22.7 Å². The number of aryl methyl sites for hydroxylation is 1. The topological polar surface area (TPSA) is 4.93 Å². The number of hydrogen-bond acceptors (Lipinski definition) is 2. The van der Waals surface area contributed by atoms with Gasteiger partial charge in [-0.2, -0.15) is 0 Å². The highest BCUT2D eigenvalue weighted by atomic mass is 32.1. The van der Waals surface area contributed by atoms with Crippen molar-refractivity contribution in [3.05, 3.63) is 211 Å². The second-order valence-corrected chi connectivity index (χ2v) is 18.4. The molecule has 1 atom stereocenters. The van der Waals surface area contributed by atoms with Crippen molar-refractivity contribution in [1.82, 2.24) is 4.57 Å². The minimum Gasteiger partial charge on any atom is -0.309 e. The summed E-state index contributed by atoms with van der Waals surface area (Å²) in [6.07, 6.45) is 0.986. The Hall–Kier alpha value is -6.78. The number of nitrogens with zero attached hydrogens (tertiary/aromatic N) is 1. The standard InChI is InChI=1S/C58H41NS2/c1-3-40(38-34-51-47-23-11-14-30-55(47)61-58(51)52(35-38)50-27-16-26-49-46-22-10-13-29-54(46)60-57(49)50)43-19-7-8-20-44(43)41-32-31-37(33-36(41)2)42-24-15-25-48-45-21-9-12-28-53(45)59(56(42)48)39-17-5-4-6-18-39/h4-35,40H,3H2,1-2H3. The van der Waals surface area contributed by atoms with Crippen LogP contribution in [0.15, 0.2) is 194 Å². The molecule has 0 fully saturated rings.